The number of anilines is 2. The van der Waals surface area contributed by atoms with Gasteiger partial charge in [0.05, 0.1) is 5.75 Å². The molecule has 0 aliphatic carbocycles. The van der Waals surface area contributed by atoms with Gasteiger partial charge in [-0.3, -0.25) is 14.4 Å². The first-order chi connectivity index (χ1) is 13.4. The molecule has 0 bridgehead atoms. The molecule has 1 rings (SSSR count). The van der Waals surface area contributed by atoms with E-state index in [1.165, 1.54) is 11.8 Å². The number of benzene rings is 1. The molecule has 0 saturated heterocycles. The second kappa shape index (κ2) is 13.8. The lowest BCUT2D eigenvalue weighted by Gasteiger charge is -2.10. The molecule has 8 nitrogen and oxygen atoms in total. The van der Waals surface area contributed by atoms with Crippen LogP contribution in [0.5, 0.6) is 0 Å². The second-order valence-corrected chi connectivity index (χ2v) is 7.36. The predicted molar refractivity (Wildman–Crippen MR) is 112 cm³/mol. The highest BCUT2D eigenvalue weighted by Gasteiger charge is 2.10. The van der Waals surface area contributed by atoms with Crippen molar-refractivity contribution < 1.29 is 24.2 Å². The van der Waals surface area contributed by atoms with Crippen LogP contribution < -0.4 is 16.4 Å². The van der Waals surface area contributed by atoms with Gasteiger partial charge in [-0.25, -0.2) is 0 Å². The smallest absolute Gasteiger partial charge is 0.303 e. The highest BCUT2D eigenvalue weighted by molar-refractivity contribution is 7.99. The van der Waals surface area contributed by atoms with Gasteiger partial charge in [0, 0.05) is 43.6 Å². The van der Waals surface area contributed by atoms with Gasteiger partial charge in [-0.1, -0.05) is 6.42 Å². The maximum Gasteiger partial charge on any atom is 0.303 e. The minimum Gasteiger partial charge on any atom is -0.481 e. The number of aliphatic carboxylic acids is 1. The fraction of sp³-hybridized carbons (Fsp3) is 0.526. The van der Waals surface area contributed by atoms with Crippen LogP contribution >= 0.6 is 11.8 Å². The first-order valence-electron chi connectivity index (χ1n) is 9.19. The van der Waals surface area contributed by atoms with E-state index in [-0.39, 0.29) is 18.2 Å². The number of carbonyl (C=O) groups is 3. The highest BCUT2D eigenvalue weighted by Crippen LogP contribution is 2.17. The largest absolute Gasteiger partial charge is 0.481 e. The van der Waals surface area contributed by atoms with E-state index < -0.39 is 5.97 Å². The number of amides is 2. The summed E-state index contributed by atoms with van der Waals surface area (Å²) in [5, 5.41) is 14.1. The van der Waals surface area contributed by atoms with Crippen molar-refractivity contribution >= 4 is 40.9 Å². The Labute approximate surface area is 169 Å². The van der Waals surface area contributed by atoms with Gasteiger partial charge in [-0.2, -0.15) is 11.8 Å². The number of hydrogen-bond acceptors (Lipinski definition) is 6. The number of methoxy groups -OCH3 is 1. The van der Waals surface area contributed by atoms with Crippen LogP contribution in [0, 0.1) is 0 Å². The lowest BCUT2D eigenvalue weighted by atomic mass is 10.1. The number of thioether (sulfide) groups is 1. The Kier molecular flexibility index (Phi) is 11.8. The number of rotatable bonds is 14. The number of carboxylic acids is 1. The fourth-order valence-corrected chi connectivity index (χ4v) is 3.13. The third-order valence-electron chi connectivity index (χ3n) is 3.72. The van der Waals surface area contributed by atoms with Crippen molar-refractivity contribution in [2.24, 2.45) is 0 Å². The van der Waals surface area contributed by atoms with E-state index in [0.29, 0.717) is 48.7 Å². The van der Waals surface area contributed by atoms with Crippen molar-refractivity contribution in [3.05, 3.63) is 23.8 Å². The Hall–Kier alpha value is -2.26. The van der Waals surface area contributed by atoms with Crippen molar-refractivity contribution in [3.63, 3.8) is 0 Å². The summed E-state index contributed by atoms with van der Waals surface area (Å²) in [6, 6.07) is 4.74. The van der Waals surface area contributed by atoms with Crippen LogP contribution in [0.2, 0.25) is 0 Å². The Morgan fingerprint density at radius 2 is 1.93 bits per heavy atom. The molecule has 1 aromatic carbocycles. The molecule has 0 aliphatic heterocycles. The molecule has 0 aromatic heterocycles. The summed E-state index contributed by atoms with van der Waals surface area (Å²) in [7, 11) is 1.64. The summed E-state index contributed by atoms with van der Waals surface area (Å²) in [5.41, 5.74) is 7.08. The molecule has 9 heteroatoms. The maximum atomic E-state index is 12.3. The van der Waals surface area contributed by atoms with Gasteiger partial charge < -0.3 is 26.2 Å². The lowest BCUT2D eigenvalue weighted by Crippen LogP contribution is -2.25. The molecule has 28 heavy (non-hydrogen) atoms. The molecule has 0 fully saturated rings. The van der Waals surface area contributed by atoms with E-state index in [1.807, 2.05) is 0 Å². The van der Waals surface area contributed by atoms with Crippen LogP contribution in [-0.2, 0) is 14.3 Å². The van der Waals surface area contributed by atoms with Crippen molar-refractivity contribution in [1.29, 1.82) is 0 Å². The van der Waals surface area contributed by atoms with Gasteiger partial charge >= 0.3 is 5.97 Å². The lowest BCUT2D eigenvalue weighted by molar-refractivity contribution is -0.137. The first-order valence-corrected chi connectivity index (χ1v) is 10.3. The number of hydrogen-bond donors (Lipinski definition) is 4. The predicted octanol–water partition coefficient (Wildman–Crippen LogP) is 2.35. The van der Waals surface area contributed by atoms with Gasteiger partial charge in [0.1, 0.15) is 0 Å². The van der Waals surface area contributed by atoms with Crippen LogP contribution in [0.3, 0.4) is 0 Å². The summed E-state index contributed by atoms with van der Waals surface area (Å²) in [5.74, 6) is -0.103. The normalized spacial score (nSPS) is 10.5. The molecule has 0 spiro atoms. The number of nitrogen functional groups attached to an aromatic ring is 1. The van der Waals surface area contributed by atoms with Gasteiger partial charge in [-0.05, 0) is 43.2 Å². The van der Waals surface area contributed by atoms with E-state index in [0.717, 1.165) is 18.6 Å². The average molecular weight is 412 g/mol. The van der Waals surface area contributed by atoms with Crippen molar-refractivity contribution in [3.8, 4) is 0 Å². The Morgan fingerprint density at radius 1 is 1.14 bits per heavy atom. The molecule has 2 amide bonds. The molecule has 0 heterocycles. The van der Waals surface area contributed by atoms with Crippen LogP contribution in [0.15, 0.2) is 18.2 Å². The molecule has 156 valence electrons. The zero-order valence-corrected chi connectivity index (χ0v) is 17.0. The molecule has 0 unspecified atom stereocenters. The number of carbonyl (C=O) groups excluding carboxylic acids is 2. The van der Waals surface area contributed by atoms with Gasteiger partial charge in [0.15, 0.2) is 0 Å². The van der Waals surface area contributed by atoms with Crippen LogP contribution in [-0.4, -0.2) is 54.7 Å². The van der Waals surface area contributed by atoms with E-state index in [2.05, 4.69) is 10.6 Å². The Morgan fingerprint density at radius 3 is 2.64 bits per heavy atom. The van der Waals surface area contributed by atoms with E-state index >= 15 is 0 Å². The van der Waals surface area contributed by atoms with E-state index in [9.17, 15) is 14.4 Å². The third-order valence-corrected chi connectivity index (χ3v) is 4.77. The summed E-state index contributed by atoms with van der Waals surface area (Å²) in [6.45, 7) is 1.12. The fourth-order valence-electron chi connectivity index (χ4n) is 2.40. The molecular formula is C19H29N3O5S. The molecular weight excluding hydrogens is 382 g/mol. The van der Waals surface area contributed by atoms with Crippen molar-refractivity contribution in [2.75, 3.05) is 42.8 Å². The number of carboxylic acid groups (broad SMARTS) is 1. The third kappa shape index (κ3) is 10.8. The molecule has 0 aliphatic rings. The van der Waals surface area contributed by atoms with E-state index in [4.69, 9.17) is 15.6 Å². The van der Waals surface area contributed by atoms with Crippen LogP contribution in [0.4, 0.5) is 11.4 Å². The minimum atomic E-state index is -0.813. The quantitative estimate of drug-likeness (QED) is 0.273. The summed E-state index contributed by atoms with van der Waals surface area (Å²) < 4.78 is 4.96. The SMILES string of the molecule is COCCCSCC(=O)Nc1cc(N)cc(C(=O)NCCCCCC(=O)O)c1. The average Bonchev–Trinajstić information content (AvgIpc) is 2.63. The Balaban J connectivity index is 2.42. The molecule has 0 radical (unpaired) electrons. The maximum absolute atomic E-state index is 12.3. The van der Waals surface area contributed by atoms with Gasteiger partial charge in [0.25, 0.3) is 5.91 Å². The number of ether oxygens (including phenoxy) is 1. The Bertz CT molecular complexity index is 654. The molecule has 1 aromatic rings. The zero-order chi connectivity index (χ0) is 20.8. The molecule has 0 saturated carbocycles. The highest BCUT2D eigenvalue weighted by atomic mass is 32.2. The molecule has 5 N–H and O–H groups in total. The van der Waals surface area contributed by atoms with Crippen LogP contribution in [0.25, 0.3) is 0 Å². The number of unbranched alkanes of at least 4 members (excludes halogenated alkanes) is 2. The summed E-state index contributed by atoms with van der Waals surface area (Å²) in [6.07, 6.45) is 3.03. The second-order valence-electron chi connectivity index (χ2n) is 6.25. The monoisotopic (exact) mass is 411 g/mol. The van der Waals surface area contributed by atoms with Gasteiger partial charge in [-0.15, -0.1) is 0 Å². The summed E-state index contributed by atoms with van der Waals surface area (Å²) >= 11 is 1.52. The zero-order valence-electron chi connectivity index (χ0n) is 16.2. The van der Waals surface area contributed by atoms with Crippen molar-refractivity contribution in [1.82, 2.24) is 5.32 Å². The van der Waals surface area contributed by atoms with E-state index in [1.54, 1.807) is 25.3 Å². The van der Waals surface area contributed by atoms with Crippen LogP contribution in [0.1, 0.15) is 42.5 Å². The molecule has 0 atom stereocenters. The van der Waals surface area contributed by atoms with Crippen molar-refractivity contribution in [2.45, 2.75) is 32.1 Å². The first kappa shape index (κ1) is 23.8. The standard InChI is InChI=1S/C19H29N3O5S/c1-27-8-5-9-28-13-17(23)22-16-11-14(10-15(20)12-16)19(26)21-7-4-2-3-6-18(24)25/h10-12H,2-9,13,20H2,1H3,(H,21,26)(H,22,23)(H,24,25). The summed E-state index contributed by atoms with van der Waals surface area (Å²) in [4.78, 5) is 34.7. The number of nitrogens with one attached hydrogen (secondary N) is 2. The number of nitrogens with two attached hydrogens (primary N) is 1. The topological polar surface area (TPSA) is 131 Å². The minimum absolute atomic E-state index is 0.136. The van der Waals surface area contributed by atoms with Gasteiger partial charge in [0.2, 0.25) is 5.91 Å².